The average molecular weight is 350 g/mol. The molecule has 2 aromatic heterocycles. The molecule has 1 aliphatic rings. The van der Waals surface area contributed by atoms with E-state index >= 15 is 0 Å². The van der Waals surface area contributed by atoms with Crippen LogP contribution < -0.4 is 10.9 Å². The Balaban J connectivity index is 1.95. The van der Waals surface area contributed by atoms with Crippen molar-refractivity contribution in [3.05, 3.63) is 58.0 Å². The Bertz CT molecular complexity index is 1090. The van der Waals surface area contributed by atoms with Crippen LogP contribution in [-0.4, -0.2) is 20.3 Å². The van der Waals surface area contributed by atoms with Gasteiger partial charge in [-0.3, -0.25) is 9.59 Å². The number of nitrogens with one attached hydrogen (secondary N) is 1. The summed E-state index contributed by atoms with van der Waals surface area (Å²) in [6.07, 6.45) is 2.02. The maximum absolute atomic E-state index is 13.0. The predicted molar refractivity (Wildman–Crippen MR) is 102 cm³/mol. The highest BCUT2D eigenvalue weighted by molar-refractivity contribution is 5.94. The number of benzene rings is 1. The number of anilines is 1. The molecule has 1 N–H and O–H groups in total. The molecule has 0 unspecified atom stereocenters. The number of rotatable bonds is 1. The summed E-state index contributed by atoms with van der Waals surface area (Å²) in [6.45, 7) is 6.10. The SMILES string of the molecule is Cn1c(=O)c([C@H]2CC(=O)Nc3c2cnn3C(C)(C)C)cc2ccccc21. The minimum atomic E-state index is -0.293. The Labute approximate surface area is 151 Å². The maximum atomic E-state index is 13.0. The maximum Gasteiger partial charge on any atom is 0.254 e. The lowest BCUT2D eigenvalue weighted by Gasteiger charge is -2.28. The molecule has 6 nitrogen and oxygen atoms in total. The number of aryl methyl sites for hydroxylation is 1. The first-order valence-corrected chi connectivity index (χ1v) is 8.74. The van der Waals surface area contributed by atoms with Crippen LogP contribution in [-0.2, 0) is 17.4 Å². The van der Waals surface area contributed by atoms with Crippen LogP contribution in [0.2, 0.25) is 0 Å². The van der Waals surface area contributed by atoms with Crippen LogP contribution in [0.15, 0.2) is 41.3 Å². The lowest BCUT2D eigenvalue weighted by atomic mass is 9.87. The average Bonchev–Trinajstić information content (AvgIpc) is 3.01. The summed E-state index contributed by atoms with van der Waals surface area (Å²) < 4.78 is 3.48. The van der Waals surface area contributed by atoms with Crippen molar-refractivity contribution in [1.29, 1.82) is 0 Å². The number of aromatic nitrogens is 3. The molecule has 0 radical (unpaired) electrons. The van der Waals surface area contributed by atoms with Gasteiger partial charge in [-0.05, 0) is 38.3 Å². The molecule has 0 saturated carbocycles. The highest BCUT2D eigenvalue weighted by Crippen LogP contribution is 2.38. The molecule has 0 spiro atoms. The lowest BCUT2D eigenvalue weighted by molar-refractivity contribution is -0.116. The Hall–Kier alpha value is -2.89. The first kappa shape index (κ1) is 16.6. The van der Waals surface area contributed by atoms with Gasteiger partial charge in [0, 0.05) is 30.5 Å². The van der Waals surface area contributed by atoms with Crippen LogP contribution >= 0.6 is 0 Å². The molecule has 4 rings (SSSR count). The van der Waals surface area contributed by atoms with E-state index in [1.165, 1.54) is 0 Å². The van der Waals surface area contributed by atoms with Gasteiger partial charge in [-0.1, -0.05) is 18.2 Å². The molecule has 26 heavy (non-hydrogen) atoms. The fourth-order valence-electron chi connectivity index (χ4n) is 3.70. The van der Waals surface area contributed by atoms with Gasteiger partial charge in [-0.2, -0.15) is 5.10 Å². The number of para-hydroxylation sites is 1. The van der Waals surface area contributed by atoms with Crippen molar-refractivity contribution in [2.45, 2.75) is 38.6 Å². The van der Waals surface area contributed by atoms with Crippen LogP contribution in [0.5, 0.6) is 0 Å². The summed E-state index contributed by atoms with van der Waals surface area (Å²) in [5, 5.41) is 8.41. The van der Waals surface area contributed by atoms with Crippen molar-refractivity contribution in [1.82, 2.24) is 14.3 Å². The molecule has 134 valence electrons. The molecule has 1 atom stereocenters. The molecule has 0 aliphatic carbocycles. The van der Waals surface area contributed by atoms with Gasteiger partial charge in [-0.25, -0.2) is 4.68 Å². The lowest BCUT2D eigenvalue weighted by Crippen LogP contribution is -2.32. The predicted octanol–water partition coefficient (Wildman–Crippen LogP) is 2.96. The Morgan fingerprint density at radius 2 is 1.88 bits per heavy atom. The van der Waals surface area contributed by atoms with E-state index in [0.29, 0.717) is 11.4 Å². The molecular weight excluding hydrogens is 328 g/mol. The fourth-order valence-corrected chi connectivity index (χ4v) is 3.70. The minimum absolute atomic E-state index is 0.0714. The molecule has 0 fully saturated rings. The van der Waals surface area contributed by atoms with Gasteiger partial charge in [0.1, 0.15) is 5.82 Å². The number of carbonyl (C=O) groups is 1. The molecule has 1 amide bonds. The van der Waals surface area contributed by atoms with Crippen molar-refractivity contribution in [3.8, 4) is 0 Å². The van der Waals surface area contributed by atoms with Gasteiger partial charge in [-0.15, -0.1) is 0 Å². The molecular formula is C20H22N4O2. The van der Waals surface area contributed by atoms with E-state index in [1.807, 2.05) is 55.8 Å². The second-order valence-electron chi connectivity index (χ2n) is 7.86. The van der Waals surface area contributed by atoms with Crippen molar-refractivity contribution >= 4 is 22.6 Å². The summed E-state index contributed by atoms with van der Waals surface area (Å²) in [5.74, 6) is 0.302. The molecule has 0 bridgehead atoms. The number of pyridine rings is 1. The van der Waals surface area contributed by atoms with Gasteiger partial charge in [0.25, 0.3) is 5.56 Å². The van der Waals surface area contributed by atoms with Crippen LogP contribution in [0.3, 0.4) is 0 Å². The fraction of sp³-hybridized carbons (Fsp3) is 0.350. The first-order chi connectivity index (χ1) is 12.3. The molecule has 0 saturated heterocycles. The second-order valence-corrected chi connectivity index (χ2v) is 7.86. The quantitative estimate of drug-likeness (QED) is 0.734. The highest BCUT2D eigenvalue weighted by atomic mass is 16.2. The Morgan fingerprint density at radius 3 is 2.62 bits per heavy atom. The first-order valence-electron chi connectivity index (χ1n) is 8.74. The van der Waals surface area contributed by atoms with E-state index < -0.39 is 0 Å². The van der Waals surface area contributed by atoms with E-state index in [2.05, 4.69) is 10.4 Å². The van der Waals surface area contributed by atoms with Crippen molar-refractivity contribution < 1.29 is 4.79 Å². The summed E-state index contributed by atoms with van der Waals surface area (Å²) in [5.41, 5.74) is 2.07. The second kappa shape index (κ2) is 5.56. The Kier molecular flexibility index (Phi) is 3.54. The normalized spacial score (nSPS) is 17.2. The minimum Gasteiger partial charge on any atom is -0.311 e. The van der Waals surface area contributed by atoms with Gasteiger partial charge in [0.15, 0.2) is 0 Å². The van der Waals surface area contributed by atoms with Gasteiger partial charge < -0.3 is 9.88 Å². The van der Waals surface area contributed by atoms with Crippen LogP contribution in [0.4, 0.5) is 5.82 Å². The number of carbonyl (C=O) groups excluding carboxylic acids is 1. The van der Waals surface area contributed by atoms with Gasteiger partial charge in [0.2, 0.25) is 5.91 Å². The smallest absolute Gasteiger partial charge is 0.254 e. The van der Waals surface area contributed by atoms with Gasteiger partial charge >= 0.3 is 0 Å². The summed E-state index contributed by atoms with van der Waals surface area (Å²) in [7, 11) is 1.77. The monoisotopic (exact) mass is 350 g/mol. The van der Waals surface area contributed by atoms with E-state index in [9.17, 15) is 9.59 Å². The molecule has 6 heteroatoms. The number of amides is 1. The Morgan fingerprint density at radius 1 is 1.15 bits per heavy atom. The third kappa shape index (κ3) is 2.44. The number of nitrogens with zero attached hydrogens (tertiary/aromatic N) is 3. The van der Waals surface area contributed by atoms with Crippen LogP contribution in [0, 0.1) is 0 Å². The van der Waals surface area contributed by atoms with Crippen LogP contribution in [0.25, 0.3) is 10.9 Å². The number of hydrogen-bond acceptors (Lipinski definition) is 3. The highest BCUT2D eigenvalue weighted by Gasteiger charge is 2.34. The largest absolute Gasteiger partial charge is 0.311 e. The summed E-state index contributed by atoms with van der Waals surface area (Å²) in [4.78, 5) is 25.4. The molecule has 3 aromatic rings. The third-order valence-electron chi connectivity index (χ3n) is 4.99. The standard InChI is InChI=1S/C20H22N4O2/c1-20(2,3)24-18-15(11-21-24)13(10-17(25)22-18)14-9-12-7-5-6-8-16(12)23(4)19(14)26/h5-9,11,13H,10H2,1-4H3,(H,22,25)/t13-/m1/s1. The number of fused-ring (bicyclic) bond motifs is 2. The van der Waals surface area contributed by atoms with E-state index in [1.54, 1.807) is 17.8 Å². The van der Waals surface area contributed by atoms with E-state index in [-0.39, 0.29) is 29.3 Å². The van der Waals surface area contributed by atoms with Crippen LogP contribution in [0.1, 0.15) is 44.2 Å². The van der Waals surface area contributed by atoms with E-state index in [4.69, 9.17) is 0 Å². The van der Waals surface area contributed by atoms with E-state index in [0.717, 1.165) is 16.5 Å². The zero-order chi connectivity index (χ0) is 18.6. The summed E-state index contributed by atoms with van der Waals surface area (Å²) in [6, 6.07) is 9.70. The van der Waals surface area contributed by atoms with Crippen molar-refractivity contribution in [3.63, 3.8) is 0 Å². The molecule has 1 aliphatic heterocycles. The third-order valence-corrected chi connectivity index (χ3v) is 4.99. The number of hydrogen-bond donors (Lipinski definition) is 1. The van der Waals surface area contributed by atoms with Gasteiger partial charge in [0.05, 0.1) is 17.3 Å². The van der Waals surface area contributed by atoms with Crippen molar-refractivity contribution in [2.75, 3.05) is 5.32 Å². The topological polar surface area (TPSA) is 68.9 Å². The molecule has 3 heterocycles. The summed E-state index contributed by atoms with van der Waals surface area (Å²) >= 11 is 0. The zero-order valence-corrected chi connectivity index (χ0v) is 15.4. The zero-order valence-electron chi connectivity index (χ0n) is 15.4. The molecule has 1 aromatic carbocycles. The van der Waals surface area contributed by atoms with Crippen molar-refractivity contribution in [2.24, 2.45) is 7.05 Å².